The molecular formula is C35H47ClN6O4. The summed E-state index contributed by atoms with van der Waals surface area (Å²) in [4.78, 5) is 48.6. The Morgan fingerprint density at radius 3 is 2.35 bits per heavy atom. The molecule has 3 N–H and O–H groups in total. The number of halogens is 1. The summed E-state index contributed by atoms with van der Waals surface area (Å²) < 4.78 is 0. The second-order valence-electron chi connectivity index (χ2n) is 13.4. The molecule has 2 aromatic rings. The molecule has 2 unspecified atom stereocenters. The summed E-state index contributed by atoms with van der Waals surface area (Å²) in [5.41, 5.74) is 4.76. The third kappa shape index (κ3) is 6.99. The molecular weight excluding hydrogens is 604 g/mol. The standard InChI is InChI=1S/C35H47ClN6O4/c1-23-19-25(20-24(2)32(23)36)21-29(33(43)40-17-15-39(16-18-40)27-7-11-37-12-8-27)31-22-28(10-14-42(31)35(45)46)41-13-9-26-5-3-4-6-30(26)38-34(41)44/h3-6,19-20,27-29,31,37H,7-18,21-22H2,1-2H3,(H,38,44)(H,45,46)/t28?,29?,31-/m1/s1. The van der Waals surface area contributed by atoms with E-state index in [0.29, 0.717) is 56.4 Å². The number of hydrogen-bond donors (Lipinski definition) is 3. The lowest BCUT2D eigenvalue weighted by atomic mass is 9.82. The van der Waals surface area contributed by atoms with Crippen LogP contribution in [-0.2, 0) is 17.6 Å². The Bertz CT molecular complexity index is 1420. The van der Waals surface area contributed by atoms with Gasteiger partial charge in [-0.2, -0.15) is 0 Å². The zero-order valence-electron chi connectivity index (χ0n) is 27.0. The number of nitrogens with one attached hydrogen (secondary N) is 2. The number of nitrogens with zero attached hydrogens (tertiary/aromatic N) is 4. The van der Waals surface area contributed by atoms with E-state index in [9.17, 15) is 19.5 Å². The molecule has 11 heteroatoms. The Kier molecular flexibility index (Phi) is 10.1. The van der Waals surface area contributed by atoms with Crippen molar-refractivity contribution >= 4 is 35.3 Å². The summed E-state index contributed by atoms with van der Waals surface area (Å²) in [7, 11) is 0. The molecule has 0 radical (unpaired) electrons. The Labute approximate surface area is 277 Å². The third-order valence-corrected chi connectivity index (χ3v) is 11.2. The van der Waals surface area contributed by atoms with Crippen LogP contribution in [0.15, 0.2) is 36.4 Å². The average Bonchev–Trinajstić information content (AvgIpc) is 3.24. The van der Waals surface area contributed by atoms with Gasteiger partial charge in [0.05, 0.1) is 5.92 Å². The van der Waals surface area contributed by atoms with Crippen molar-refractivity contribution in [2.45, 2.75) is 70.5 Å². The zero-order chi connectivity index (χ0) is 32.4. The van der Waals surface area contributed by atoms with Crippen LogP contribution in [0.4, 0.5) is 15.3 Å². The number of anilines is 1. The van der Waals surface area contributed by atoms with Crippen LogP contribution in [-0.4, -0.2) is 113 Å². The maximum absolute atomic E-state index is 14.6. The van der Waals surface area contributed by atoms with Gasteiger partial charge in [0.15, 0.2) is 0 Å². The number of piperidine rings is 2. The summed E-state index contributed by atoms with van der Waals surface area (Å²) in [6.45, 7) is 9.72. The number of urea groups is 1. The number of likely N-dealkylation sites (tertiary alicyclic amines) is 1. The Morgan fingerprint density at radius 2 is 1.65 bits per heavy atom. The Morgan fingerprint density at radius 1 is 0.957 bits per heavy atom. The molecule has 46 heavy (non-hydrogen) atoms. The van der Waals surface area contributed by atoms with Crippen LogP contribution in [0.3, 0.4) is 0 Å². The maximum atomic E-state index is 14.6. The minimum absolute atomic E-state index is 0.000148. The summed E-state index contributed by atoms with van der Waals surface area (Å²) in [6, 6.07) is 11.5. The average molecular weight is 651 g/mol. The summed E-state index contributed by atoms with van der Waals surface area (Å²) in [5, 5.41) is 17.6. The van der Waals surface area contributed by atoms with Gasteiger partial charge in [-0.1, -0.05) is 41.9 Å². The van der Waals surface area contributed by atoms with Crippen molar-refractivity contribution in [1.29, 1.82) is 0 Å². The first kappa shape index (κ1) is 32.6. The number of amides is 4. The van der Waals surface area contributed by atoms with Gasteiger partial charge in [0, 0.05) is 68.1 Å². The fourth-order valence-electron chi connectivity index (χ4n) is 8.13. The van der Waals surface area contributed by atoms with Crippen molar-refractivity contribution in [3.05, 3.63) is 63.7 Å². The lowest BCUT2D eigenvalue weighted by Crippen LogP contribution is -2.60. The molecule has 0 aromatic heterocycles. The topological polar surface area (TPSA) is 108 Å². The van der Waals surface area contributed by atoms with Gasteiger partial charge in [-0.15, -0.1) is 0 Å². The number of benzene rings is 2. The van der Waals surface area contributed by atoms with Gasteiger partial charge in [0.2, 0.25) is 5.91 Å². The minimum Gasteiger partial charge on any atom is -0.465 e. The lowest BCUT2D eigenvalue weighted by Gasteiger charge is -2.46. The molecule has 4 heterocycles. The monoisotopic (exact) mass is 650 g/mol. The summed E-state index contributed by atoms with van der Waals surface area (Å²) in [6.07, 6.45) is 3.29. The Balaban J connectivity index is 1.26. The van der Waals surface area contributed by atoms with E-state index in [2.05, 4.69) is 15.5 Å². The molecule has 0 saturated carbocycles. The smallest absolute Gasteiger partial charge is 0.407 e. The first-order valence-corrected chi connectivity index (χ1v) is 17.2. The van der Waals surface area contributed by atoms with E-state index in [0.717, 1.165) is 67.0 Å². The largest absolute Gasteiger partial charge is 0.465 e. The van der Waals surface area contributed by atoms with Crippen LogP contribution in [0, 0.1) is 19.8 Å². The molecule has 2 aromatic carbocycles. The van der Waals surface area contributed by atoms with E-state index in [1.165, 1.54) is 4.90 Å². The molecule has 3 fully saturated rings. The lowest BCUT2D eigenvalue weighted by molar-refractivity contribution is -0.140. The fraction of sp³-hybridized carbons (Fsp3) is 0.571. The van der Waals surface area contributed by atoms with E-state index in [1.807, 2.05) is 60.0 Å². The van der Waals surface area contributed by atoms with Crippen LogP contribution in [0.1, 0.15) is 47.9 Å². The molecule has 3 atom stereocenters. The molecule has 248 valence electrons. The quantitative estimate of drug-likeness (QED) is 0.422. The highest BCUT2D eigenvalue weighted by Gasteiger charge is 2.44. The van der Waals surface area contributed by atoms with E-state index < -0.39 is 18.1 Å². The first-order chi connectivity index (χ1) is 22.2. The van der Waals surface area contributed by atoms with E-state index in [-0.39, 0.29) is 24.5 Å². The molecule has 6 rings (SSSR count). The highest BCUT2D eigenvalue weighted by atomic mass is 35.5. The van der Waals surface area contributed by atoms with Gasteiger partial charge >= 0.3 is 12.1 Å². The normalized spacial score (nSPS) is 23.8. The number of carbonyl (C=O) groups is 3. The van der Waals surface area contributed by atoms with Crippen molar-refractivity contribution in [2.75, 3.05) is 57.7 Å². The van der Waals surface area contributed by atoms with E-state index in [4.69, 9.17) is 11.6 Å². The van der Waals surface area contributed by atoms with Crippen LogP contribution in [0.5, 0.6) is 0 Å². The molecule has 0 spiro atoms. The van der Waals surface area contributed by atoms with Gasteiger partial charge in [-0.25, -0.2) is 9.59 Å². The number of carboxylic acid groups (broad SMARTS) is 1. The predicted octanol–water partition coefficient (Wildman–Crippen LogP) is 4.61. The van der Waals surface area contributed by atoms with Gasteiger partial charge < -0.3 is 30.4 Å². The van der Waals surface area contributed by atoms with Crippen LogP contribution in [0.2, 0.25) is 5.02 Å². The number of piperazine rings is 1. The predicted molar refractivity (Wildman–Crippen MR) is 180 cm³/mol. The maximum Gasteiger partial charge on any atom is 0.407 e. The molecule has 0 bridgehead atoms. The van der Waals surface area contributed by atoms with Crippen molar-refractivity contribution in [3.63, 3.8) is 0 Å². The molecule has 3 saturated heterocycles. The van der Waals surface area contributed by atoms with Crippen LogP contribution >= 0.6 is 11.6 Å². The molecule has 0 aliphatic carbocycles. The SMILES string of the molecule is Cc1cc(CC(C(=O)N2CCN(C3CCNCC3)CC2)[C@H]2CC(N3CCc4ccccc4NC3=O)CCN2C(=O)O)cc(C)c1Cl. The number of carbonyl (C=O) groups excluding carboxylic acids is 2. The van der Waals surface area contributed by atoms with Crippen LogP contribution < -0.4 is 10.6 Å². The number of rotatable bonds is 6. The van der Waals surface area contributed by atoms with Gasteiger partial charge in [-0.05, 0) is 93.8 Å². The minimum atomic E-state index is -1.02. The van der Waals surface area contributed by atoms with Crippen molar-refractivity contribution in [2.24, 2.45) is 5.92 Å². The highest BCUT2D eigenvalue weighted by Crippen LogP contribution is 2.34. The summed E-state index contributed by atoms with van der Waals surface area (Å²) >= 11 is 6.51. The van der Waals surface area contributed by atoms with E-state index in [1.54, 1.807) is 0 Å². The second-order valence-corrected chi connectivity index (χ2v) is 13.8. The van der Waals surface area contributed by atoms with E-state index >= 15 is 0 Å². The second kappa shape index (κ2) is 14.2. The molecule has 4 aliphatic rings. The van der Waals surface area contributed by atoms with Crippen LogP contribution in [0.25, 0.3) is 0 Å². The van der Waals surface area contributed by atoms with Gasteiger partial charge in [0.1, 0.15) is 0 Å². The number of aryl methyl sites for hydroxylation is 2. The fourth-order valence-corrected chi connectivity index (χ4v) is 8.24. The van der Waals surface area contributed by atoms with Gasteiger partial charge in [-0.3, -0.25) is 9.69 Å². The van der Waals surface area contributed by atoms with Crippen molar-refractivity contribution < 1.29 is 19.5 Å². The highest BCUT2D eigenvalue weighted by molar-refractivity contribution is 6.32. The molecule has 10 nitrogen and oxygen atoms in total. The van der Waals surface area contributed by atoms with Crippen molar-refractivity contribution in [1.82, 2.24) is 24.9 Å². The molecule has 4 aliphatic heterocycles. The number of para-hydroxylation sites is 1. The Hall–Kier alpha value is -3.34. The number of fused-ring (bicyclic) bond motifs is 1. The third-order valence-electron chi connectivity index (χ3n) is 10.6. The molecule has 4 amide bonds. The number of hydrogen-bond acceptors (Lipinski definition) is 5. The first-order valence-electron chi connectivity index (χ1n) is 16.8. The zero-order valence-corrected chi connectivity index (χ0v) is 27.8. The van der Waals surface area contributed by atoms with Gasteiger partial charge in [0.25, 0.3) is 0 Å². The van der Waals surface area contributed by atoms with Crippen molar-refractivity contribution in [3.8, 4) is 0 Å². The summed E-state index contributed by atoms with van der Waals surface area (Å²) in [5.74, 6) is -0.587.